The molecule has 0 unspecified atom stereocenters. The molecule has 36 heavy (non-hydrogen) atoms. The number of benzene rings is 3. The Morgan fingerprint density at radius 2 is 1.42 bits per heavy atom. The molecular weight excluding hydrogens is 438 g/mol. The molecule has 0 saturated heterocycles. The average Bonchev–Trinajstić information content (AvgIpc) is 2.86. The van der Waals surface area contributed by atoms with Crippen molar-refractivity contribution in [1.82, 2.24) is 5.32 Å². The minimum absolute atomic E-state index is 0.183. The second-order valence-electron chi connectivity index (χ2n) is 12.1. The van der Waals surface area contributed by atoms with Crippen molar-refractivity contribution in [3.8, 4) is 28.0 Å². The summed E-state index contributed by atoms with van der Waals surface area (Å²) in [5.41, 5.74) is 8.32. The molecule has 0 heterocycles. The first-order valence-electron chi connectivity index (χ1n) is 13.9. The van der Waals surface area contributed by atoms with E-state index in [4.69, 9.17) is 4.74 Å². The molecule has 0 saturated carbocycles. The normalized spacial score (nSPS) is 16.1. The van der Waals surface area contributed by atoms with E-state index in [9.17, 15) is 0 Å². The molecular formula is C34H45NO. The molecule has 4 rings (SSSR count). The Kier molecular flexibility index (Phi) is 8.25. The fourth-order valence-electron chi connectivity index (χ4n) is 5.42. The van der Waals surface area contributed by atoms with Crippen molar-refractivity contribution < 1.29 is 4.74 Å². The molecule has 0 fully saturated rings. The van der Waals surface area contributed by atoms with Gasteiger partial charge >= 0.3 is 0 Å². The van der Waals surface area contributed by atoms with Crippen LogP contribution in [-0.4, -0.2) is 19.2 Å². The summed E-state index contributed by atoms with van der Waals surface area (Å²) in [7, 11) is 0. The molecule has 1 N–H and O–H groups in total. The highest BCUT2D eigenvalue weighted by atomic mass is 16.5. The van der Waals surface area contributed by atoms with Gasteiger partial charge in [-0.25, -0.2) is 0 Å². The SMILES string of the molecule is CC(C)NCCCCCOc1ccc(-c2ccccc2)cc1-c1ccc2c(c1)C(C)(C)CCC2(C)C. The standard InChI is InChI=1S/C34H45NO/c1-25(2)35-21-11-8-12-22-36-32-18-16-27(26-13-9-7-10-14-26)23-29(32)28-15-17-30-31(24-28)34(5,6)20-19-33(30,3)4/h7,9-10,13-18,23-25,35H,8,11-12,19-22H2,1-6H3. The van der Waals surface area contributed by atoms with Crippen LogP contribution in [0.3, 0.4) is 0 Å². The lowest BCUT2D eigenvalue weighted by molar-refractivity contribution is 0.305. The highest BCUT2D eigenvalue weighted by Crippen LogP contribution is 2.47. The van der Waals surface area contributed by atoms with Gasteiger partial charge in [-0.1, -0.05) is 96.1 Å². The van der Waals surface area contributed by atoms with Crippen LogP contribution < -0.4 is 10.1 Å². The molecule has 2 heteroatoms. The molecule has 192 valence electrons. The van der Waals surface area contributed by atoms with Crippen LogP contribution in [0.2, 0.25) is 0 Å². The van der Waals surface area contributed by atoms with Crippen LogP contribution in [0.5, 0.6) is 5.75 Å². The van der Waals surface area contributed by atoms with Gasteiger partial charge in [-0.05, 0) is 89.4 Å². The number of ether oxygens (including phenoxy) is 1. The second-order valence-corrected chi connectivity index (χ2v) is 12.1. The third-order valence-corrected chi connectivity index (χ3v) is 7.88. The Labute approximate surface area is 219 Å². The van der Waals surface area contributed by atoms with Gasteiger partial charge in [0.05, 0.1) is 6.61 Å². The second kappa shape index (κ2) is 11.2. The summed E-state index contributed by atoms with van der Waals surface area (Å²) in [4.78, 5) is 0. The summed E-state index contributed by atoms with van der Waals surface area (Å²) in [6, 6.07) is 25.1. The smallest absolute Gasteiger partial charge is 0.127 e. The highest BCUT2D eigenvalue weighted by Gasteiger charge is 2.37. The maximum absolute atomic E-state index is 6.43. The van der Waals surface area contributed by atoms with Gasteiger partial charge in [0.1, 0.15) is 5.75 Å². The fraction of sp³-hybridized carbons (Fsp3) is 0.471. The summed E-state index contributed by atoms with van der Waals surface area (Å²) >= 11 is 0. The van der Waals surface area contributed by atoms with Crippen molar-refractivity contribution in [3.63, 3.8) is 0 Å². The first-order valence-corrected chi connectivity index (χ1v) is 13.9. The van der Waals surface area contributed by atoms with Gasteiger partial charge in [0.25, 0.3) is 0 Å². The van der Waals surface area contributed by atoms with E-state index in [1.165, 1.54) is 59.1 Å². The quantitative estimate of drug-likeness (QED) is 0.291. The first kappa shape index (κ1) is 26.5. The molecule has 0 atom stereocenters. The Morgan fingerprint density at radius 1 is 0.722 bits per heavy atom. The Balaban J connectivity index is 1.62. The van der Waals surface area contributed by atoms with Gasteiger partial charge in [-0.3, -0.25) is 0 Å². The monoisotopic (exact) mass is 483 g/mol. The lowest BCUT2D eigenvalue weighted by Gasteiger charge is -2.42. The Bertz CT molecular complexity index is 1140. The number of nitrogens with one attached hydrogen (secondary N) is 1. The summed E-state index contributed by atoms with van der Waals surface area (Å²) < 4.78 is 6.43. The molecule has 0 amide bonds. The minimum atomic E-state index is 0.183. The molecule has 0 bridgehead atoms. The molecule has 0 aromatic heterocycles. The number of hydrogen-bond donors (Lipinski definition) is 1. The van der Waals surface area contributed by atoms with E-state index < -0.39 is 0 Å². The van der Waals surface area contributed by atoms with Crippen molar-refractivity contribution in [2.75, 3.05) is 13.2 Å². The molecule has 0 radical (unpaired) electrons. The zero-order chi connectivity index (χ0) is 25.8. The topological polar surface area (TPSA) is 21.3 Å². The first-order chi connectivity index (χ1) is 17.2. The summed E-state index contributed by atoms with van der Waals surface area (Å²) in [6.45, 7) is 15.8. The van der Waals surface area contributed by atoms with E-state index >= 15 is 0 Å². The zero-order valence-corrected chi connectivity index (χ0v) is 23.3. The summed E-state index contributed by atoms with van der Waals surface area (Å²) in [5, 5.41) is 3.50. The van der Waals surface area contributed by atoms with E-state index in [1.807, 2.05) is 0 Å². The summed E-state index contributed by atoms with van der Waals surface area (Å²) in [6.07, 6.45) is 5.90. The highest BCUT2D eigenvalue weighted by molar-refractivity contribution is 5.78. The largest absolute Gasteiger partial charge is 0.493 e. The third kappa shape index (κ3) is 6.21. The van der Waals surface area contributed by atoms with Crippen LogP contribution in [0, 0.1) is 0 Å². The van der Waals surface area contributed by atoms with Crippen LogP contribution in [0.15, 0.2) is 66.7 Å². The van der Waals surface area contributed by atoms with Crippen LogP contribution in [0.1, 0.15) is 84.8 Å². The van der Waals surface area contributed by atoms with Crippen LogP contribution in [0.25, 0.3) is 22.3 Å². The van der Waals surface area contributed by atoms with E-state index in [0.29, 0.717) is 6.04 Å². The van der Waals surface area contributed by atoms with Crippen LogP contribution in [-0.2, 0) is 10.8 Å². The van der Waals surface area contributed by atoms with Gasteiger partial charge < -0.3 is 10.1 Å². The van der Waals surface area contributed by atoms with Gasteiger partial charge in [-0.15, -0.1) is 0 Å². The Morgan fingerprint density at radius 3 is 2.14 bits per heavy atom. The number of rotatable bonds is 10. The Hall–Kier alpha value is -2.58. The lowest BCUT2D eigenvalue weighted by Crippen LogP contribution is -2.33. The van der Waals surface area contributed by atoms with Crippen LogP contribution >= 0.6 is 0 Å². The van der Waals surface area contributed by atoms with E-state index in [0.717, 1.165) is 25.3 Å². The van der Waals surface area contributed by atoms with E-state index in [1.54, 1.807) is 0 Å². The predicted molar refractivity (Wildman–Crippen MR) is 155 cm³/mol. The van der Waals surface area contributed by atoms with Crippen LogP contribution in [0.4, 0.5) is 0 Å². The van der Waals surface area contributed by atoms with E-state index in [-0.39, 0.29) is 10.8 Å². The van der Waals surface area contributed by atoms with Crippen molar-refractivity contribution in [3.05, 3.63) is 77.9 Å². The van der Waals surface area contributed by atoms with E-state index in [2.05, 4.69) is 114 Å². The number of unbranched alkanes of at least 4 members (excludes halogenated alkanes) is 2. The van der Waals surface area contributed by atoms with Gasteiger partial charge in [-0.2, -0.15) is 0 Å². The molecule has 0 spiro atoms. The summed E-state index contributed by atoms with van der Waals surface area (Å²) in [5.74, 6) is 0.989. The molecule has 1 aliphatic carbocycles. The minimum Gasteiger partial charge on any atom is -0.493 e. The molecule has 1 aliphatic rings. The van der Waals surface area contributed by atoms with Crippen molar-refractivity contribution in [2.45, 2.75) is 90.5 Å². The zero-order valence-electron chi connectivity index (χ0n) is 23.3. The third-order valence-electron chi connectivity index (χ3n) is 7.88. The lowest BCUT2D eigenvalue weighted by atomic mass is 9.63. The molecule has 3 aromatic carbocycles. The van der Waals surface area contributed by atoms with Gasteiger partial charge in [0.2, 0.25) is 0 Å². The van der Waals surface area contributed by atoms with Gasteiger partial charge in [0, 0.05) is 11.6 Å². The van der Waals surface area contributed by atoms with Crippen molar-refractivity contribution in [2.24, 2.45) is 0 Å². The maximum atomic E-state index is 6.43. The van der Waals surface area contributed by atoms with Gasteiger partial charge in [0.15, 0.2) is 0 Å². The average molecular weight is 484 g/mol. The number of fused-ring (bicyclic) bond motifs is 1. The predicted octanol–water partition coefficient (Wildman–Crippen LogP) is 8.92. The number of hydrogen-bond acceptors (Lipinski definition) is 2. The molecule has 3 aromatic rings. The maximum Gasteiger partial charge on any atom is 0.127 e. The molecule has 0 aliphatic heterocycles. The van der Waals surface area contributed by atoms with Crippen molar-refractivity contribution >= 4 is 0 Å². The fourth-order valence-corrected chi connectivity index (χ4v) is 5.42. The van der Waals surface area contributed by atoms with Crippen molar-refractivity contribution in [1.29, 1.82) is 0 Å². The molecule has 2 nitrogen and oxygen atoms in total.